The predicted octanol–water partition coefficient (Wildman–Crippen LogP) is 3.28. The standard InChI is InChI=1S/C13H13ClFN3/c1-9-12(15)13(18-8-17-9)16-7-11-4-2-3-10(5-11)6-14/h2-5,8H,6-7H2,1H3,(H,16,17,18). The summed E-state index contributed by atoms with van der Waals surface area (Å²) in [5.41, 5.74) is 2.40. The zero-order chi connectivity index (χ0) is 13.0. The maximum absolute atomic E-state index is 13.6. The molecule has 0 atom stereocenters. The van der Waals surface area contributed by atoms with Crippen LogP contribution in [0.25, 0.3) is 0 Å². The molecular formula is C13H13ClFN3. The third-order valence-electron chi connectivity index (χ3n) is 2.57. The van der Waals surface area contributed by atoms with E-state index in [1.807, 2.05) is 24.3 Å². The molecule has 0 aliphatic rings. The van der Waals surface area contributed by atoms with E-state index in [1.165, 1.54) is 6.33 Å². The monoisotopic (exact) mass is 265 g/mol. The summed E-state index contributed by atoms with van der Waals surface area (Å²) in [6.07, 6.45) is 1.34. The fourth-order valence-corrected chi connectivity index (χ4v) is 1.76. The first-order chi connectivity index (χ1) is 8.70. The Morgan fingerprint density at radius 3 is 2.83 bits per heavy atom. The van der Waals surface area contributed by atoms with Crippen LogP contribution < -0.4 is 5.32 Å². The third-order valence-corrected chi connectivity index (χ3v) is 2.88. The van der Waals surface area contributed by atoms with Crippen molar-refractivity contribution < 1.29 is 4.39 Å². The van der Waals surface area contributed by atoms with Gasteiger partial charge in [0.15, 0.2) is 11.6 Å². The van der Waals surface area contributed by atoms with E-state index < -0.39 is 5.82 Å². The number of halogens is 2. The molecule has 1 heterocycles. The van der Waals surface area contributed by atoms with Crippen LogP contribution in [0.2, 0.25) is 0 Å². The van der Waals surface area contributed by atoms with E-state index in [0.717, 1.165) is 11.1 Å². The highest BCUT2D eigenvalue weighted by Crippen LogP contribution is 2.14. The van der Waals surface area contributed by atoms with Gasteiger partial charge in [-0.3, -0.25) is 0 Å². The van der Waals surface area contributed by atoms with Crippen LogP contribution in [0.3, 0.4) is 0 Å². The van der Waals surface area contributed by atoms with E-state index in [1.54, 1.807) is 6.92 Å². The van der Waals surface area contributed by atoms with Gasteiger partial charge in [0.1, 0.15) is 6.33 Å². The molecule has 1 N–H and O–H groups in total. The quantitative estimate of drug-likeness (QED) is 0.862. The Labute approximate surface area is 110 Å². The lowest BCUT2D eigenvalue weighted by Crippen LogP contribution is -2.05. The molecule has 0 saturated carbocycles. The highest BCUT2D eigenvalue weighted by Gasteiger charge is 2.06. The van der Waals surface area contributed by atoms with Crippen molar-refractivity contribution in [1.82, 2.24) is 9.97 Å². The van der Waals surface area contributed by atoms with Crippen LogP contribution in [0.15, 0.2) is 30.6 Å². The van der Waals surface area contributed by atoms with E-state index in [0.29, 0.717) is 18.1 Å². The van der Waals surface area contributed by atoms with Crippen molar-refractivity contribution in [2.75, 3.05) is 5.32 Å². The minimum Gasteiger partial charge on any atom is -0.363 e. The van der Waals surface area contributed by atoms with Crippen LogP contribution in [0.1, 0.15) is 16.8 Å². The number of rotatable bonds is 4. The molecule has 0 bridgehead atoms. The van der Waals surface area contributed by atoms with E-state index in [4.69, 9.17) is 11.6 Å². The van der Waals surface area contributed by atoms with Gasteiger partial charge >= 0.3 is 0 Å². The normalized spacial score (nSPS) is 10.4. The molecule has 0 saturated heterocycles. The summed E-state index contributed by atoms with van der Waals surface area (Å²) in [5.74, 6) is 0.277. The molecule has 18 heavy (non-hydrogen) atoms. The molecule has 5 heteroatoms. The van der Waals surface area contributed by atoms with Gasteiger partial charge in [0, 0.05) is 12.4 Å². The number of hydrogen-bond acceptors (Lipinski definition) is 3. The summed E-state index contributed by atoms with van der Waals surface area (Å²) in [6.45, 7) is 2.11. The molecule has 1 aromatic carbocycles. The molecule has 0 fully saturated rings. The lowest BCUT2D eigenvalue weighted by Gasteiger charge is -2.08. The number of alkyl halides is 1. The number of anilines is 1. The molecule has 0 unspecified atom stereocenters. The van der Waals surface area contributed by atoms with E-state index in [9.17, 15) is 4.39 Å². The molecule has 2 aromatic rings. The predicted molar refractivity (Wildman–Crippen MR) is 70.1 cm³/mol. The summed E-state index contributed by atoms with van der Waals surface area (Å²) >= 11 is 5.76. The second-order valence-corrected chi connectivity index (χ2v) is 4.20. The smallest absolute Gasteiger partial charge is 0.186 e. The van der Waals surface area contributed by atoms with Crippen LogP contribution in [0, 0.1) is 12.7 Å². The Bertz CT molecular complexity index is 546. The number of aromatic nitrogens is 2. The Morgan fingerprint density at radius 1 is 1.28 bits per heavy atom. The van der Waals surface area contributed by atoms with Crippen molar-refractivity contribution in [3.8, 4) is 0 Å². The van der Waals surface area contributed by atoms with E-state index in [2.05, 4.69) is 15.3 Å². The molecule has 1 aromatic heterocycles. The number of aryl methyl sites for hydroxylation is 1. The van der Waals surface area contributed by atoms with Gasteiger partial charge in [-0.1, -0.05) is 24.3 Å². The first kappa shape index (κ1) is 12.8. The van der Waals surface area contributed by atoms with Gasteiger partial charge in [-0.05, 0) is 18.1 Å². The van der Waals surface area contributed by atoms with Crippen molar-refractivity contribution in [2.45, 2.75) is 19.3 Å². The average molecular weight is 266 g/mol. The highest BCUT2D eigenvalue weighted by atomic mass is 35.5. The Kier molecular flexibility index (Phi) is 4.10. The van der Waals surface area contributed by atoms with Gasteiger partial charge in [0.2, 0.25) is 0 Å². The zero-order valence-electron chi connectivity index (χ0n) is 9.95. The van der Waals surface area contributed by atoms with Gasteiger partial charge in [0.05, 0.1) is 5.69 Å². The molecule has 94 valence electrons. The summed E-state index contributed by atoms with van der Waals surface area (Å²) in [7, 11) is 0. The van der Waals surface area contributed by atoms with Crippen molar-refractivity contribution in [1.29, 1.82) is 0 Å². The number of benzene rings is 1. The van der Waals surface area contributed by atoms with Crippen LogP contribution in [0.4, 0.5) is 10.2 Å². The van der Waals surface area contributed by atoms with Gasteiger partial charge < -0.3 is 5.32 Å². The minimum absolute atomic E-state index is 0.221. The fourth-order valence-electron chi connectivity index (χ4n) is 1.59. The summed E-state index contributed by atoms with van der Waals surface area (Å²) in [5, 5.41) is 2.95. The lowest BCUT2D eigenvalue weighted by molar-refractivity contribution is 0.604. The highest BCUT2D eigenvalue weighted by molar-refractivity contribution is 6.17. The van der Waals surface area contributed by atoms with Crippen molar-refractivity contribution >= 4 is 17.4 Å². The van der Waals surface area contributed by atoms with Gasteiger partial charge in [-0.25, -0.2) is 14.4 Å². The van der Waals surface area contributed by atoms with Gasteiger partial charge in [0.25, 0.3) is 0 Å². The summed E-state index contributed by atoms with van der Waals surface area (Å²) in [4.78, 5) is 7.65. The van der Waals surface area contributed by atoms with E-state index >= 15 is 0 Å². The number of nitrogens with zero attached hydrogens (tertiary/aromatic N) is 2. The maximum Gasteiger partial charge on any atom is 0.186 e. The Balaban J connectivity index is 2.09. The molecular weight excluding hydrogens is 253 g/mol. The first-order valence-electron chi connectivity index (χ1n) is 5.55. The molecule has 0 radical (unpaired) electrons. The molecule has 3 nitrogen and oxygen atoms in total. The van der Waals surface area contributed by atoms with Crippen molar-refractivity contribution in [3.05, 3.63) is 53.2 Å². The zero-order valence-corrected chi connectivity index (χ0v) is 10.7. The molecule has 2 rings (SSSR count). The topological polar surface area (TPSA) is 37.8 Å². The van der Waals surface area contributed by atoms with Gasteiger partial charge in [-0.2, -0.15) is 0 Å². The summed E-state index contributed by atoms with van der Waals surface area (Å²) < 4.78 is 13.6. The van der Waals surface area contributed by atoms with Crippen molar-refractivity contribution in [3.63, 3.8) is 0 Å². The maximum atomic E-state index is 13.6. The minimum atomic E-state index is -0.411. The SMILES string of the molecule is Cc1ncnc(NCc2cccc(CCl)c2)c1F. The fraction of sp³-hybridized carbons (Fsp3) is 0.231. The number of nitrogens with one attached hydrogen (secondary N) is 1. The lowest BCUT2D eigenvalue weighted by atomic mass is 10.1. The second kappa shape index (κ2) is 5.78. The molecule has 0 amide bonds. The van der Waals surface area contributed by atoms with Crippen LogP contribution in [0.5, 0.6) is 0 Å². The van der Waals surface area contributed by atoms with Crippen LogP contribution in [-0.2, 0) is 12.4 Å². The third kappa shape index (κ3) is 2.96. The van der Waals surface area contributed by atoms with Crippen LogP contribution >= 0.6 is 11.6 Å². The second-order valence-electron chi connectivity index (χ2n) is 3.93. The summed E-state index contributed by atoms with van der Waals surface area (Å²) in [6, 6.07) is 7.81. The Morgan fingerprint density at radius 2 is 2.06 bits per heavy atom. The number of hydrogen-bond donors (Lipinski definition) is 1. The Hall–Kier alpha value is -1.68. The van der Waals surface area contributed by atoms with Gasteiger partial charge in [-0.15, -0.1) is 11.6 Å². The van der Waals surface area contributed by atoms with E-state index in [-0.39, 0.29) is 5.82 Å². The largest absolute Gasteiger partial charge is 0.363 e. The molecule has 0 aliphatic heterocycles. The van der Waals surface area contributed by atoms with Crippen LogP contribution in [-0.4, -0.2) is 9.97 Å². The van der Waals surface area contributed by atoms with Crippen molar-refractivity contribution in [2.24, 2.45) is 0 Å². The molecule has 0 aliphatic carbocycles. The first-order valence-corrected chi connectivity index (χ1v) is 6.09. The average Bonchev–Trinajstić information content (AvgIpc) is 2.41. The molecule has 0 spiro atoms.